The van der Waals surface area contributed by atoms with Crippen molar-refractivity contribution in [2.24, 2.45) is 5.73 Å². The van der Waals surface area contributed by atoms with Crippen LogP contribution in [0.4, 0.5) is 10.1 Å². The molecule has 6 heteroatoms. The summed E-state index contributed by atoms with van der Waals surface area (Å²) < 4.78 is 18.6. The molecule has 1 atom stereocenters. The number of hydrogen-bond donors (Lipinski definition) is 2. The summed E-state index contributed by atoms with van der Waals surface area (Å²) in [5.41, 5.74) is 5.81. The van der Waals surface area contributed by atoms with Gasteiger partial charge in [-0.2, -0.15) is 0 Å². The highest BCUT2D eigenvalue weighted by molar-refractivity contribution is 7.80. The number of amides is 1. The van der Waals surface area contributed by atoms with Crippen molar-refractivity contribution in [1.29, 1.82) is 0 Å². The third kappa shape index (κ3) is 4.57. The van der Waals surface area contributed by atoms with Gasteiger partial charge in [0.05, 0.1) is 17.4 Å². The van der Waals surface area contributed by atoms with E-state index in [-0.39, 0.29) is 29.0 Å². The second-order valence-electron chi connectivity index (χ2n) is 4.16. The number of nitrogens with one attached hydrogen (secondary N) is 1. The SMILES string of the molecule is COC(C)CCC(=O)Nc1cccc(F)c1C(N)=S. The van der Waals surface area contributed by atoms with Gasteiger partial charge in [0, 0.05) is 13.5 Å². The van der Waals surface area contributed by atoms with Crippen LogP contribution in [0.2, 0.25) is 0 Å². The van der Waals surface area contributed by atoms with Gasteiger partial charge in [-0.1, -0.05) is 18.3 Å². The molecule has 3 N–H and O–H groups in total. The number of hydrogen-bond acceptors (Lipinski definition) is 3. The zero-order valence-electron chi connectivity index (χ0n) is 10.9. The standard InChI is InChI=1S/C13H17FN2O2S/c1-8(18-2)6-7-11(17)16-10-5-3-4-9(14)12(10)13(15)19/h3-5,8H,6-7H2,1-2H3,(H2,15,19)(H,16,17). The van der Waals surface area contributed by atoms with Crippen molar-refractivity contribution in [2.45, 2.75) is 25.9 Å². The van der Waals surface area contributed by atoms with Crippen molar-refractivity contribution in [3.05, 3.63) is 29.6 Å². The number of ether oxygens (including phenoxy) is 1. The molecule has 0 aromatic heterocycles. The molecule has 0 heterocycles. The van der Waals surface area contributed by atoms with Gasteiger partial charge in [0.25, 0.3) is 0 Å². The molecule has 0 aliphatic rings. The Morgan fingerprint density at radius 1 is 1.58 bits per heavy atom. The first-order chi connectivity index (χ1) is 8.95. The van der Waals surface area contributed by atoms with E-state index >= 15 is 0 Å². The molecule has 0 fully saturated rings. The second kappa shape index (κ2) is 7.16. The fourth-order valence-electron chi connectivity index (χ4n) is 1.54. The number of halogens is 1. The lowest BCUT2D eigenvalue weighted by Crippen LogP contribution is -2.20. The van der Waals surface area contributed by atoms with Gasteiger partial charge in [-0.15, -0.1) is 0 Å². The molecule has 0 aliphatic carbocycles. The Hall–Kier alpha value is -1.53. The van der Waals surface area contributed by atoms with Gasteiger partial charge in [0.15, 0.2) is 0 Å². The second-order valence-corrected chi connectivity index (χ2v) is 4.60. The average molecular weight is 284 g/mol. The van der Waals surface area contributed by atoms with Crippen LogP contribution in [0, 0.1) is 5.82 Å². The summed E-state index contributed by atoms with van der Waals surface area (Å²) in [5, 5.41) is 2.61. The van der Waals surface area contributed by atoms with Gasteiger partial charge < -0.3 is 15.8 Å². The van der Waals surface area contributed by atoms with Gasteiger partial charge in [0.1, 0.15) is 10.8 Å². The van der Waals surface area contributed by atoms with Crippen LogP contribution in [0.5, 0.6) is 0 Å². The average Bonchev–Trinajstić information content (AvgIpc) is 2.35. The van der Waals surface area contributed by atoms with E-state index in [4.69, 9.17) is 22.7 Å². The number of anilines is 1. The van der Waals surface area contributed by atoms with Gasteiger partial charge in [-0.3, -0.25) is 4.79 Å². The molecule has 19 heavy (non-hydrogen) atoms. The highest BCUT2D eigenvalue weighted by atomic mass is 32.1. The predicted octanol–water partition coefficient (Wildman–Crippen LogP) is 2.21. The predicted molar refractivity (Wildman–Crippen MR) is 76.6 cm³/mol. The van der Waals surface area contributed by atoms with Crippen LogP contribution in [0.25, 0.3) is 0 Å². The summed E-state index contributed by atoms with van der Waals surface area (Å²) in [4.78, 5) is 11.7. The zero-order valence-corrected chi connectivity index (χ0v) is 11.7. The van der Waals surface area contributed by atoms with Crippen molar-refractivity contribution in [1.82, 2.24) is 0 Å². The molecule has 1 rings (SSSR count). The maximum Gasteiger partial charge on any atom is 0.224 e. The van der Waals surface area contributed by atoms with E-state index in [1.165, 1.54) is 12.1 Å². The van der Waals surface area contributed by atoms with Crippen molar-refractivity contribution < 1.29 is 13.9 Å². The van der Waals surface area contributed by atoms with E-state index in [9.17, 15) is 9.18 Å². The van der Waals surface area contributed by atoms with E-state index in [0.717, 1.165) is 0 Å². The summed E-state index contributed by atoms with van der Waals surface area (Å²) >= 11 is 4.78. The van der Waals surface area contributed by atoms with Crippen LogP contribution in [0.3, 0.4) is 0 Å². The molecule has 0 bridgehead atoms. The Morgan fingerprint density at radius 2 is 2.26 bits per heavy atom. The minimum absolute atomic E-state index is 0.00619. The van der Waals surface area contributed by atoms with Crippen LogP contribution in [0.15, 0.2) is 18.2 Å². The highest BCUT2D eigenvalue weighted by Crippen LogP contribution is 2.19. The van der Waals surface area contributed by atoms with Gasteiger partial charge in [0.2, 0.25) is 5.91 Å². The number of benzene rings is 1. The molecule has 1 amide bonds. The van der Waals surface area contributed by atoms with Crippen LogP contribution in [0.1, 0.15) is 25.3 Å². The van der Waals surface area contributed by atoms with E-state index < -0.39 is 5.82 Å². The summed E-state index contributed by atoms with van der Waals surface area (Å²) in [6.07, 6.45) is 0.857. The first kappa shape index (κ1) is 15.5. The molecule has 4 nitrogen and oxygen atoms in total. The quantitative estimate of drug-likeness (QED) is 0.786. The molecule has 0 saturated heterocycles. The summed E-state index contributed by atoms with van der Waals surface area (Å²) in [5.74, 6) is -0.775. The van der Waals surface area contributed by atoms with E-state index in [1.807, 2.05) is 6.92 Å². The Balaban J connectivity index is 2.74. The van der Waals surface area contributed by atoms with E-state index in [0.29, 0.717) is 12.1 Å². The Labute approximate surface area is 117 Å². The number of nitrogens with two attached hydrogens (primary N) is 1. The van der Waals surface area contributed by atoms with Crippen molar-refractivity contribution in [3.63, 3.8) is 0 Å². The van der Waals surface area contributed by atoms with Gasteiger partial charge >= 0.3 is 0 Å². The lowest BCUT2D eigenvalue weighted by molar-refractivity contribution is -0.116. The third-order valence-electron chi connectivity index (χ3n) is 2.71. The van der Waals surface area contributed by atoms with Crippen LogP contribution in [-0.2, 0) is 9.53 Å². The normalized spacial score (nSPS) is 11.9. The molecular formula is C13H17FN2O2S. The topological polar surface area (TPSA) is 64.3 Å². The fourth-order valence-corrected chi connectivity index (χ4v) is 1.75. The monoisotopic (exact) mass is 284 g/mol. The van der Waals surface area contributed by atoms with Gasteiger partial charge in [-0.05, 0) is 25.5 Å². The lowest BCUT2D eigenvalue weighted by Gasteiger charge is -2.12. The first-order valence-corrected chi connectivity index (χ1v) is 6.27. The van der Waals surface area contributed by atoms with Gasteiger partial charge in [-0.25, -0.2) is 4.39 Å². The Bertz CT molecular complexity index is 480. The summed E-state index contributed by atoms with van der Waals surface area (Å²) in [6.45, 7) is 1.87. The number of rotatable bonds is 6. The summed E-state index contributed by atoms with van der Waals surface area (Å²) in [7, 11) is 1.58. The Kier molecular flexibility index (Phi) is 5.85. The molecule has 1 unspecified atom stereocenters. The van der Waals surface area contributed by atoms with Crippen molar-refractivity contribution in [2.75, 3.05) is 12.4 Å². The third-order valence-corrected chi connectivity index (χ3v) is 2.92. The fraction of sp³-hybridized carbons (Fsp3) is 0.385. The van der Waals surface area contributed by atoms with E-state index in [1.54, 1.807) is 13.2 Å². The minimum atomic E-state index is -0.546. The van der Waals surface area contributed by atoms with Crippen molar-refractivity contribution >= 4 is 28.8 Å². The highest BCUT2D eigenvalue weighted by Gasteiger charge is 2.13. The zero-order chi connectivity index (χ0) is 14.4. The molecule has 0 aliphatic heterocycles. The lowest BCUT2D eigenvalue weighted by atomic mass is 10.1. The number of carbonyl (C=O) groups excluding carboxylic acids is 1. The maximum absolute atomic E-state index is 13.6. The first-order valence-electron chi connectivity index (χ1n) is 5.86. The number of carbonyl (C=O) groups is 1. The van der Waals surface area contributed by atoms with Crippen molar-refractivity contribution in [3.8, 4) is 0 Å². The Morgan fingerprint density at radius 3 is 2.84 bits per heavy atom. The summed E-state index contributed by atoms with van der Waals surface area (Å²) in [6, 6.07) is 4.30. The molecule has 0 saturated carbocycles. The minimum Gasteiger partial charge on any atom is -0.389 e. The molecule has 1 aromatic rings. The van der Waals surface area contributed by atoms with Crippen LogP contribution in [-0.4, -0.2) is 24.1 Å². The largest absolute Gasteiger partial charge is 0.389 e. The van der Waals surface area contributed by atoms with E-state index in [2.05, 4.69) is 5.32 Å². The molecular weight excluding hydrogens is 267 g/mol. The maximum atomic E-state index is 13.6. The molecule has 0 spiro atoms. The van der Waals surface area contributed by atoms with Crippen LogP contribution >= 0.6 is 12.2 Å². The molecule has 104 valence electrons. The smallest absolute Gasteiger partial charge is 0.224 e. The number of methoxy groups -OCH3 is 1. The number of thiocarbonyl (C=S) groups is 1. The van der Waals surface area contributed by atoms with Crippen LogP contribution < -0.4 is 11.1 Å². The molecule has 1 aromatic carbocycles. The molecule has 0 radical (unpaired) electrons.